The van der Waals surface area contributed by atoms with Crippen LogP contribution in [0.1, 0.15) is 29.9 Å². The van der Waals surface area contributed by atoms with Crippen LogP contribution in [0.25, 0.3) is 0 Å². The molecule has 0 atom stereocenters. The molecule has 1 heterocycles. The summed E-state index contributed by atoms with van der Waals surface area (Å²) >= 11 is 0. The zero-order valence-electron chi connectivity index (χ0n) is 19.3. The van der Waals surface area contributed by atoms with Crippen LogP contribution in [0.4, 0.5) is 8.78 Å². The van der Waals surface area contributed by atoms with E-state index >= 15 is 0 Å². The van der Waals surface area contributed by atoms with Crippen molar-refractivity contribution in [2.45, 2.75) is 18.8 Å². The highest BCUT2D eigenvalue weighted by Crippen LogP contribution is 2.29. The molecule has 0 amide bonds. The molecule has 33 heavy (non-hydrogen) atoms. The van der Waals surface area contributed by atoms with E-state index < -0.39 is 0 Å². The van der Waals surface area contributed by atoms with Gasteiger partial charge < -0.3 is 10.6 Å². The average molecular weight is 452 g/mol. The van der Waals surface area contributed by atoms with Crippen molar-refractivity contribution < 1.29 is 8.78 Å². The fourth-order valence-corrected chi connectivity index (χ4v) is 4.24. The van der Waals surface area contributed by atoms with Gasteiger partial charge in [-0.2, -0.15) is 0 Å². The van der Waals surface area contributed by atoms with Crippen LogP contribution in [0.5, 0.6) is 0 Å². The van der Waals surface area contributed by atoms with E-state index in [1.165, 1.54) is 24.3 Å². The van der Waals surface area contributed by atoms with Gasteiger partial charge in [0.1, 0.15) is 11.6 Å². The molecule has 1 aliphatic rings. The van der Waals surface area contributed by atoms with Crippen molar-refractivity contribution in [2.75, 3.05) is 45.8 Å². The van der Waals surface area contributed by atoms with Crippen molar-refractivity contribution in [3.05, 3.63) is 108 Å². The molecule has 0 spiro atoms. The molecule has 1 fully saturated rings. The van der Waals surface area contributed by atoms with Gasteiger partial charge in [0.05, 0.1) is 0 Å². The Morgan fingerprint density at radius 3 is 1.42 bits per heavy atom. The van der Waals surface area contributed by atoms with E-state index in [0.29, 0.717) is 0 Å². The monoisotopic (exact) mass is 451 g/mol. The van der Waals surface area contributed by atoms with E-state index in [9.17, 15) is 8.78 Å². The van der Waals surface area contributed by atoms with Crippen molar-refractivity contribution in [3.8, 4) is 0 Å². The SMILES string of the molecule is NCCN1CCN(CCCC(c2ccc(F)cc2)c2ccc(F)cc2)CC1.c1ccccc1. The van der Waals surface area contributed by atoms with Crippen LogP contribution < -0.4 is 5.73 Å². The number of benzene rings is 3. The number of nitrogens with two attached hydrogens (primary N) is 1. The minimum absolute atomic E-state index is 0.157. The Balaban J connectivity index is 0.000000442. The van der Waals surface area contributed by atoms with Crippen molar-refractivity contribution in [1.82, 2.24) is 9.80 Å². The number of nitrogens with zero attached hydrogens (tertiary/aromatic N) is 2. The lowest BCUT2D eigenvalue weighted by Gasteiger charge is -2.34. The molecule has 2 N–H and O–H groups in total. The third kappa shape index (κ3) is 8.69. The molecular formula is C28H35F2N3. The van der Waals surface area contributed by atoms with Crippen molar-refractivity contribution in [3.63, 3.8) is 0 Å². The summed E-state index contributed by atoms with van der Waals surface area (Å²) in [5.41, 5.74) is 7.79. The van der Waals surface area contributed by atoms with Gasteiger partial charge in [0.2, 0.25) is 0 Å². The number of halogens is 2. The van der Waals surface area contributed by atoms with Crippen LogP contribution in [-0.4, -0.2) is 55.6 Å². The van der Waals surface area contributed by atoms with E-state index in [0.717, 1.165) is 69.8 Å². The smallest absolute Gasteiger partial charge is 0.123 e. The molecule has 0 unspecified atom stereocenters. The first-order chi connectivity index (χ1) is 16.2. The molecule has 3 aromatic carbocycles. The highest BCUT2D eigenvalue weighted by Gasteiger charge is 2.18. The topological polar surface area (TPSA) is 32.5 Å². The summed E-state index contributed by atoms with van der Waals surface area (Å²) in [6.45, 7) is 7.07. The van der Waals surface area contributed by atoms with E-state index in [4.69, 9.17) is 5.73 Å². The molecule has 0 bridgehead atoms. The van der Waals surface area contributed by atoms with Crippen LogP contribution in [0, 0.1) is 11.6 Å². The molecular weight excluding hydrogens is 416 g/mol. The van der Waals surface area contributed by atoms with Gasteiger partial charge in [-0.25, -0.2) is 8.78 Å². The molecule has 0 aliphatic carbocycles. The summed E-state index contributed by atoms with van der Waals surface area (Å²) in [6.07, 6.45) is 2.01. The van der Waals surface area contributed by atoms with E-state index in [1.54, 1.807) is 0 Å². The predicted molar refractivity (Wildman–Crippen MR) is 132 cm³/mol. The first kappa shape index (κ1) is 25.0. The van der Waals surface area contributed by atoms with E-state index in [2.05, 4.69) is 9.80 Å². The van der Waals surface area contributed by atoms with Gasteiger partial charge in [-0.05, 0) is 54.8 Å². The number of piperazine rings is 1. The van der Waals surface area contributed by atoms with Crippen LogP contribution in [0.3, 0.4) is 0 Å². The fraction of sp³-hybridized carbons (Fsp3) is 0.357. The molecule has 1 aliphatic heterocycles. The van der Waals surface area contributed by atoms with Crippen LogP contribution in [0.15, 0.2) is 84.9 Å². The first-order valence-corrected chi connectivity index (χ1v) is 11.8. The maximum absolute atomic E-state index is 13.3. The van der Waals surface area contributed by atoms with Crippen molar-refractivity contribution in [1.29, 1.82) is 0 Å². The van der Waals surface area contributed by atoms with Gasteiger partial charge in [-0.1, -0.05) is 60.7 Å². The summed E-state index contributed by atoms with van der Waals surface area (Å²) in [5.74, 6) is -0.302. The van der Waals surface area contributed by atoms with Gasteiger partial charge in [0.25, 0.3) is 0 Å². The number of hydrogen-bond acceptors (Lipinski definition) is 3. The Morgan fingerprint density at radius 2 is 1.03 bits per heavy atom. The second-order valence-corrected chi connectivity index (χ2v) is 8.42. The summed E-state index contributed by atoms with van der Waals surface area (Å²) in [6, 6.07) is 25.4. The second-order valence-electron chi connectivity index (χ2n) is 8.42. The third-order valence-corrected chi connectivity index (χ3v) is 6.09. The average Bonchev–Trinajstić information content (AvgIpc) is 2.86. The second kappa shape index (κ2) is 13.8. The zero-order valence-corrected chi connectivity index (χ0v) is 19.3. The molecule has 0 aromatic heterocycles. The van der Waals surface area contributed by atoms with Crippen molar-refractivity contribution >= 4 is 0 Å². The third-order valence-electron chi connectivity index (χ3n) is 6.09. The molecule has 1 saturated heterocycles. The highest BCUT2D eigenvalue weighted by atomic mass is 19.1. The number of hydrogen-bond donors (Lipinski definition) is 1. The minimum atomic E-state index is -0.230. The molecule has 5 heteroatoms. The zero-order chi connectivity index (χ0) is 23.3. The Kier molecular flexibility index (Phi) is 10.5. The van der Waals surface area contributed by atoms with Gasteiger partial charge in [-0.15, -0.1) is 0 Å². The minimum Gasteiger partial charge on any atom is -0.329 e. The molecule has 0 radical (unpaired) electrons. The van der Waals surface area contributed by atoms with Crippen molar-refractivity contribution in [2.24, 2.45) is 5.73 Å². The standard InChI is InChI=1S/C22H29F2N3.C6H6/c23-20-7-3-18(4-8-20)22(19-5-9-21(24)10-6-19)2-1-12-26-14-16-27(13-11-25)17-15-26;1-2-4-6-5-3-1/h3-10,22H,1-2,11-17,25H2;1-6H. The quantitative estimate of drug-likeness (QED) is 0.515. The lowest BCUT2D eigenvalue weighted by atomic mass is 9.87. The first-order valence-electron chi connectivity index (χ1n) is 11.8. The predicted octanol–water partition coefficient (Wildman–Crippen LogP) is 5.14. The van der Waals surface area contributed by atoms with Gasteiger partial charge >= 0.3 is 0 Å². The normalized spacial score (nSPS) is 14.7. The Hall–Kier alpha value is -2.60. The summed E-state index contributed by atoms with van der Waals surface area (Å²) in [7, 11) is 0. The lowest BCUT2D eigenvalue weighted by molar-refractivity contribution is 0.133. The summed E-state index contributed by atoms with van der Waals surface area (Å²) in [4.78, 5) is 4.91. The summed E-state index contributed by atoms with van der Waals surface area (Å²) in [5, 5.41) is 0. The molecule has 4 rings (SSSR count). The van der Waals surface area contributed by atoms with Gasteiger partial charge in [0.15, 0.2) is 0 Å². The molecule has 176 valence electrons. The maximum atomic E-state index is 13.3. The maximum Gasteiger partial charge on any atom is 0.123 e. The Bertz CT molecular complexity index is 820. The highest BCUT2D eigenvalue weighted by molar-refractivity contribution is 5.32. The van der Waals surface area contributed by atoms with Crippen LogP contribution >= 0.6 is 0 Å². The largest absolute Gasteiger partial charge is 0.329 e. The molecule has 3 nitrogen and oxygen atoms in total. The molecule has 0 saturated carbocycles. The number of rotatable bonds is 8. The van der Waals surface area contributed by atoms with Crippen LogP contribution in [-0.2, 0) is 0 Å². The summed E-state index contributed by atoms with van der Waals surface area (Å²) < 4.78 is 26.6. The van der Waals surface area contributed by atoms with E-state index in [1.807, 2.05) is 60.7 Å². The molecule has 3 aromatic rings. The Labute approximate surface area is 196 Å². The van der Waals surface area contributed by atoms with E-state index in [-0.39, 0.29) is 17.6 Å². The van der Waals surface area contributed by atoms with Gasteiger partial charge in [-0.3, -0.25) is 4.90 Å². The fourth-order valence-electron chi connectivity index (χ4n) is 4.24. The Morgan fingerprint density at radius 1 is 0.636 bits per heavy atom. The van der Waals surface area contributed by atoms with Gasteiger partial charge in [0, 0.05) is 45.2 Å². The van der Waals surface area contributed by atoms with Crippen LogP contribution in [0.2, 0.25) is 0 Å². The lowest BCUT2D eigenvalue weighted by Crippen LogP contribution is -2.47.